The van der Waals surface area contributed by atoms with Crippen LogP contribution in [0.3, 0.4) is 0 Å². The van der Waals surface area contributed by atoms with Crippen molar-refractivity contribution in [2.24, 2.45) is 11.1 Å². The lowest BCUT2D eigenvalue weighted by Gasteiger charge is -2.18. The van der Waals surface area contributed by atoms with E-state index in [9.17, 15) is 14.7 Å². The van der Waals surface area contributed by atoms with Crippen LogP contribution in [0.2, 0.25) is 0 Å². The van der Waals surface area contributed by atoms with Crippen molar-refractivity contribution in [3.8, 4) is 0 Å². The van der Waals surface area contributed by atoms with E-state index in [0.29, 0.717) is 6.54 Å². The second-order valence-electron chi connectivity index (χ2n) is 5.60. The third kappa shape index (κ3) is 4.17. The van der Waals surface area contributed by atoms with Crippen molar-refractivity contribution in [1.82, 2.24) is 9.78 Å². The number of nitrogens with zero attached hydrogens (tertiary/aromatic N) is 2. The lowest BCUT2D eigenvalue weighted by molar-refractivity contribution is -0.141. The summed E-state index contributed by atoms with van der Waals surface area (Å²) in [5.74, 6) is -0.946. The lowest BCUT2D eigenvalue weighted by atomic mass is 9.87. The molecule has 0 saturated carbocycles. The maximum Gasteiger partial charge on any atom is 0.328 e. The Labute approximate surface area is 112 Å². The molecule has 6 heteroatoms. The van der Waals surface area contributed by atoms with Crippen LogP contribution in [-0.2, 0) is 16.1 Å². The molecule has 19 heavy (non-hydrogen) atoms. The molecule has 1 rings (SSSR count). The van der Waals surface area contributed by atoms with Gasteiger partial charge in [0, 0.05) is 30.1 Å². The van der Waals surface area contributed by atoms with Crippen molar-refractivity contribution >= 4 is 11.8 Å². The van der Waals surface area contributed by atoms with Gasteiger partial charge in [0.15, 0.2) is 0 Å². The van der Waals surface area contributed by atoms with Crippen LogP contribution in [-0.4, -0.2) is 26.6 Å². The number of carbonyl (C=O) groups is 2. The van der Waals surface area contributed by atoms with Crippen LogP contribution in [0.4, 0.5) is 0 Å². The lowest BCUT2D eigenvalue weighted by Crippen LogP contribution is -2.24. The molecule has 0 aliphatic carbocycles. The first kappa shape index (κ1) is 15.4. The zero-order valence-electron chi connectivity index (χ0n) is 11.6. The molecule has 0 spiro atoms. The van der Waals surface area contributed by atoms with Gasteiger partial charge in [0.05, 0.1) is 6.20 Å². The molecule has 1 aromatic rings. The van der Waals surface area contributed by atoms with Gasteiger partial charge in [0.2, 0.25) is 0 Å². The van der Waals surface area contributed by atoms with Gasteiger partial charge < -0.3 is 10.8 Å². The average molecular weight is 267 g/mol. The van der Waals surface area contributed by atoms with Gasteiger partial charge in [-0.1, -0.05) is 20.8 Å². The van der Waals surface area contributed by atoms with Crippen molar-refractivity contribution in [1.29, 1.82) is 0 Å². The molecule has 1 heterocycles. The Hall–Kier alpha value is -1.69. The minimum Gasteiger partial charge on any atom is -0.480 e. The Morgan fingerprint density at radius 3 is 2.53 bits per heavy atom. The SMILES string of the molecule is CC(C)(C)C(=O)CCC(C(=O)O)n1cc(CN)cn1. The summed E-state index contributed by atoms with van der Waals surface area (Å²) >= 11 is 0. The van der Waals surface area contributed by atoms with E-state index in [2.05, 4.69) is 5.10 Å². The van der Waals surface area contributed by atoms with Crippen LogP contribution in [0.5, 0.6) is 0 Å². The van der Waals surface area contributed by atoms with Gasteiger partial charge >= 0.3 is 5.97 Å². The number of hydrogen-bond donors (Lipinski definition) is 2. The van der Waals surface area contributed by atoms with E-state index >= 15 is 0 Å². The smallest absolute Gasteiger partial charge is 0.328 e. The maximum atomic E-state index is 11.8. The minimum atomic E-state index is -0.992. The predicted octanol–water partition coefficient (Wildman–Crippen LogP) is 1.36. The molecule has 0 amide bonds. The van der Waals surface area contributed by atoms with Crippen molar-refractivity contribution in [3.63, 3.8) is 0 Å². The summed E-state index contributed by atoms with van der Waals surface area (Å²) in [7, 11) is 0. The number of carboxylic acids is 1. The second kappa shape index (κ2) is 5.97. The molecule has 1 aromatic heterocycles. The van der Waals surface area contributed by atoms with Crippen LogP contribution in [0.15, 0.2) is 12.4 Å². The zero-order chi connectivity index (χ0) is 14.6. The van der Waals surface area contributed by atoms with Gasteiger partial charge in [0.1, 0.15) is 11.8 Å². The van der Waals surface area contributed by atoms with E-state index in [1.54, 1.807) is 12.4 Å². The molecule has 6 nitrogen and oxygen atoms in total. The molecular formula is C13H21N3O3. The van der Waals surface area contributed by atoms with Gasteiger partial charge in [0.25, 0.3) is 0 Å². The summed E-state index contributed by atoms with van der Waals surface area (Å²) in [6.45, 7) is 5.79. The van der Waals surface area contributed by atoms with Crippen LogP contribution in [0.1, 0.15) is 45.2 Å². The summed E-state index contributed by atoms with van der Waals surface area (Å²) < 4.78 is 1.36. The first-order valence-corrected chi connectivity index (χ1v) is 6.25. The highest BCUT2D eigenvalue weighted by atomic mass is 16.4. The molecule has 0 aliphatic heterocycles. The highest BCUT2D eigenvalue weighted by Crippen LogP contribution is 2.21. The number of nitrogens with two attached hydrogens (primary N) is 1. The van der Waals surface area contributed by atoms with Crippen molar-refractivity contribution in [2.75, 3.05) is 0 Å². The largest absolute Gasteiger partial charge is 0.480 e. The van der Waals surface area contributed by atoms with E-state index in [1.165, 1.54) is 4.68 Å². The molecule has 0 fully saturated rings. The molecule has 1 atom stereocenters. The van der Waals surface area contributed by atoms with E-state index in [1.807, 2.05) is 20.8 Å². The minimum absolute atomic E-state index is 0.0463. The van der Waals surface area contributed by atoms with E-state index in [4.69, 9.17) is 5.73 Å². The number of ketones is 1. The highest BCUT2D eigenvalue weighted by molar-refractivity contribution is 5.84. The van der Waals surface area contributed by atoms with Gasteiger partial charge in [-0.05, 0) is 6.42 Å². The summed E-state index contributed by atoms with van der Waals surface area (Å²) in [5, 5.41) is 13.2. The fourth-order valence-electron chi connectivity index (χ4n) is 1.66. The normalized spacial score (nSPS) is 13.3. The Kier molecular flexibility index (Phi) is 4.83. The summed E-state index contributed by atoms with van der Waals surface area (Å²) in [5.41, 5.74) is 5.79. The van der Waals surface area contributed by atoms with Gasteiger partial charge in [-0.2, -0.15) is 5.10 Å². The van der Waals surface area contributed by atoms with E-state index < -0.39 is 17.4 Å². The third-order valence-corrected chi connectivity index (χ3v) is 2.98. The second-order valence-corrected chi connectivity index (χ2v) is 5.60. The Bertz CT molecular complexity index is 460. The fourth-order valence-corrected chi connectivity index (χ4v) is 1.66. The summed E-state index contributed by atoms with van der Waals surface area (Å²) in [6.07, 6.45) is 3.61. The number of aromatic nitrogens is 2. The third-order valence-electron chi connectivity index (χ3n) is 2.98. The van der Waals surface area contributed by atoms with Crippen LogP contribution < -0.4 is 5.73 Å². The first-order valence-electron chi connectivity index (χ1n) is 6.25. The maximum absolute atomic E-state index is 11.8. The van der Waals surface area contributed by atoms with Gasteiger partial charge in [-0.15, -0.1) is 0 Å². The zero-order valence-corrected chi connectivity index (χ0v) is 11.6. The number of Topliss-reactive ketones (excluding diaryl/α,β-unsaturated/α-hetero) is 1. The van der Waals surface area contributed by atoms with Crippen LogP contribution >= 0.6 is 0 Å². The first-order chi connectivity index (χ1) is 8.75. The Balaban J connectivity index is 2.74. The summed E-state index contributed by atoms with van der Waals surface area (Å²) in [4.78, 5) is 23.1. The number of carboxylic acid groups (broad SMARTS) is 1. The topological polar surface area (TPSA) is 98.2 Å². The molecule has 0 aliphatic rings. The fraction of sp³-hybridized carbons (Fsp3) is 0.615. The molecule has 3 N–H and O–H groups in total. The molecule has 0 aromatic carbocycles. The van der Waals surface area contributed by atoms with Gasteiger partial charge in [-0.3, -0.25) is 9.48 Å². The molecule has 106 valence electrons. The average Bonchev–Trinajstić information content (AvgIpc) is 2.75. The van der Waals surface area contributed by atoms with E-state index in [0.717, 1.165) is 5.56 Å². The monoisotopic (exact) mass is 267 g/mol. The molecule has 1 unspecified atom stereocenters. The van der Waals surface area contributed by atoms with Crippen molar-refractivity contribution < 1.29 is 14.7 Å². The van der Waals surface area contributed by atoms with Gasteiger partial charge in [-0.25, -0.2) is 4.79 Å². The molecule has 0 saturated heterocycles. The van der Waals surface area contributed by atoms with Crippen molar-refractivity contribution in [3.05, 3.63) is 18.0 Å². The van der Waals surface area contributed by atoms with Crippen LogP contribution in [0, 0.1) is 5.41 Å². The number of hydrogen-bond acceptors (Lipinski definition) is 4. The number of aliphatic carboxylic acids is 1. The molecule has 0 radical (unpaired) electrons. The van der Waals surface area contributed by atoms with Crippen LogP contribution in [0.25, 0.3) is 0 Å². The quantitative estimate of drug-likeness (QED) is 0.811. The summed E-state index contributed by atoms with van der Waals surface area (Å²) in [6, 6.07) is -0.827. The molecule has 0 bridgehead atoms. The Morgan fingerprint density at radius 1 is 1.47 bits per heavy atom. The number of rotatable bonds is 6. The standard InChI is InChI=1S/C13H21N3O3/c1-13(2,3)11(17)5-4-10(12(18)19)16-8-9(6-14)7-15-16/h7-8,10H,4-6,14H2,1-3H3,(H,18,19). The molecular weight excluding hydrogens is 246 g/mol. The Morgan fingerprint density at radius 2 is 2.11 bits per heavy atom. The van der Waals surface area contributed by atoms with Crippen molar-refractivity contribution in [2.45, 2.75) is 46.2 Å². The highest BCUT2D eigenvalue weighted by Gasteiger charge is 2.26. The predicted molar refractivity (Wildman–Crippen MR) is 70.5 cm³/mol. The van der Waals surface area contributed by atoms with E-state index in [-0.39, 0.29) is 18.6 Å². The number of carbonyl (C=O) groups excluding carboxylic acids is 1.